The molecule has 0 unspecified atom stereocenters. The van der Waals surface area contributed by atoms with Crippen LogP contribution in [0.1, 0.15) is 92.9 Å². The second-order valence-corrected chi connectivity index (χ2v) is 19.7. The van der Waals surface area contributed by atoms with Crippen LogP contribution in [0.15, 0.2) is 47.6 Å². The standard InChI is InChI=1S/C22H28ClFO4.C22H29FO5/c1-12-8-16-15-5-4-13-9-14(25)6-7-19(13,2)21(15,24)17(26)10-20(16,3)22(12,28)18(27)11-23;1-12-8-16-15-5-4-13-9-14(25)6-7-19(13,2)21(15,23)17(26)10-20(16,3)22(12,28)18(27)11-24/h6-7,9,12,15-17,26,28H,4-5,8,10-11H2,1-3H3;6-7,9,12,15-17,24,26,28H,4-5,8,10-11H2,1-3H3/t12-,15-,16-,17-,19-,20-,21-,22-;12-,15+,16+,17+,19+,20+,21+,22+/m01/s1. The van der Waals surface area contributed by atoms with Crippen LogP contribution in [0, 0.1) is 57.2 Å². The zero-order valence-corrected chi connectivity index (χ0v) is 33.9. The summed E-state index contributed by atoms with van der Waals surface area (Å²) in [6.45, 7) is 9.86. The van der Waals surface area contributed by atoms with Crippen molar-refractivity contribution in [3.8, 4) is 0 Å². The van der Waals surface area contributed by atoms with E-state index >= 15 is 8.78 Å². The average molecular weight is 803 g/mol. The van der Waals surface area contributed by atoms with Gasteiger partial charge in [0.15, 0.2) is 34.5 Å². The smallest absolute Gasteiger partial charge is 0.190 e. The molecule has 0 heterocycles. The van der Waals surface area contributed by atoms with Crippen molar-refractivity contribution < 1.29 is 53.5 Å². The minimum absolute atomic E-state index is 0.0151. The molecule has 5 N–H and O–H groups in total. The molecular formula is C44H57ClF2O9. The zero-order chi connectivity index (χ0) is 41.4. The van der Waals surface area contributed by atoms with Gasteiger partial charge in [-0.1, -0.05) is 51.0 Å². The molecule has 0 aliphatic heterocycles. The van der Waals surface area contributed by atoms with Gasteiger partial charge >= 0.3 is 0 Å². The first-order chi connectivity index (χ1) is 25.9. The summed E-state index contributed by atoms with van der Waals surface area (Å²) in [5.74, 6) is -4.15. The molecule has 0 saturated heterocycles. The molecule has 0 bridgehead atoms. The lowest BCUT2D eigenvalue weighted by Gasteiger charge is -2.62. The molecule has 56 heavy (non-hydrogen) atoms. The third-order valence-electron chi connectivity index (χ3n) is 17.6. The van der Waals surface area contributed by atoms with Crippen LogP contribution < -0.4 is 0 Å². The van der Waals surface area contributed by atoms with Gasteiger partial charge in [0.25, 0.3) is 0 Å². The minimum atomic E-state index is -1.98. The number of alkyl halides is 3. The zero-order valence-electron chi connectivity index (χ0n) is 33.2. The SMILES string of the molecule is C[C@@H]1C[C@H]2[C@@H]3CCC4=CC(=O)C=C[C@]4(C)[C@@]3(F)[C@@H](O)C[C@]2(C)[C@@]1(O)C(=O)CO.C[C@H]1C[C@H]2[C@@H]3CCC4=CC(=O)C=C[C@]4(C)[C@@]3(F)[C@@H](O)C[C@]2(C)[C@@]1(O)C(=O)CCl. The van der Waals surface area contributed by atoms with E-state index in [1.54, 1.807) is 39.8 Å². The van der Waals surface area contributed by atoms with Gasteiger partial charge in [-0.25, -0.2) is 8.78 Å². The van der Waals surface area contributed by atoms with Crippen LogP contribution in [0.4, 0.5) is 8.78 Å². The third kappa shape index (κ3) is 4.82. The van der Waals surface area contributed by atoms with Crippen LogP contribution in [-0.2, 0) is 19.2 Å². The first-order valence-electron chi connectivity index (χ1n) is 20.2. The number of allylic oxidation sites excluding steroid dienone is 8. The van der Waals surface area contributed by atoms with Crippen LogP contribution in [0.3, 0.4) is 0 Å². The number of ketones is 4. The normalized spacial score (nSPS) is 52.5. The molecule has 8 aliphatic rings. The van der Waals surface area contributed by atoms with E-state index in [1.165, 1.54) is 24.3 Å². The Labute approximate surface area is 332 Å². The summed E-state index contributed by atoms with van der Waals surface area (Å²) < 4.78 is 33.7. The van der Waals surface area contributed by atoms with Crippen molar-refractivity contribution in [2.75, 3.05) is 12.5 Å². The quantitative estimate of drug-likeness (QED) is 0.245. The lowest BCUT2D eigenvalue weighted by molar-refractivity contribution is -0.219. The molecule has 16 atom stereocenters. The molecule has 308 valence electrons. The Balaban J connectivity index is 0.000000172. The van der Waals surface area contributed by atoms with Gasteiger partial charge in [0.2, 0.25) is 0 Å². The van der Waals surface area contributed by atoms with E-state index in [0.29, 0.717) is 44.1 Å². The molecule has 0 aromatic rings. The van der Waals surface area contributed by atoms with Crippen molar-refractivity contribution in [1.29, 1.82) is 0 Å². The molecule has 12 heteroatoms. The predicted octanol–water partition coefficient (Wildman–Crippen LogP) is 5.04. The number of halogens is 3. The number of Topliss-reactive ketones (excluding diaryl/α,β-unsaturated/α-hetero) is 2. The molecule has 9 nitrogen and oxygen atoms in total. The maximum absolute atomic E-state index is 16.9. The van der Waals surface area contributed by atoms with E-state index in [4.69, 9.17) is 11.6 Å². The fraction of sp³-hybridized carbons (Fsp3) is 0.727. The van der Waals surface area contributed by atoms with E-state index in [-0.39, 0.29) is 48.0 Å². The summed E-state index contributed by atoms with van der Waals surface area (Å²) >= 11 is 5.81. The summed E-state index contributed by atoms with van der Waals surface area (Å²) in [4.78, 5) is 48.9. The van der Waals surface area contributed by atoms with E-state index in [2.05, 4.69) is 0 Å². The van der Waals surface area contributed by atoms with Crippen LogP contribution in [0.25, 0.3) is 0 Å². The largest absolute Gasteiger partial charge is 0.390 e. The average Bonchev–Trinajstić information content (AvgIpc) is 3.48. The van der Waals surface area contributed by atoms with Gasteiger partial charge in [0, 0.05) is 33.5 Å². The monoisotopic (exact) mass is 802 g/mol. The molecule has 6 fully saturated rings. The number of aliphatic hydroxyl groups is 5. The number of carbonyl (C=O) groups excluding carboxylic acids is 4. The number of aliphatic hydroxyl groups excluding tert-OH is 3. The summed E-state index contributed by atoms with van der Waals surface area (Å²) in [6.07, 6.45) is 9.12. The van der Waals surface area contributed by atoms with Gasteiger partial charge in [-0.05, 0) is 113 Å². The molecule has 8 rings (SSSR count). The van der Waals surface area contributed by atoms with Gasteiger partial charge in [-0.3, -0.25) is 19.2 Å². The number of hydrogen-bond donors (Lipinski definition) is 5. The van der Waals surface area contributed by atoms with Gasteiger partial charge in [-0.2, -0.15) is 0 Å². The fourth-order valence-corrected chi connectivity index (χ4v) is 14.7. The molecule has 6 saturated carbocycles. The molecule has 0 aromatic heterocycles. The number of hydrogen-bond acceptors (Lipinski definition) is 9. The number of rotatable bonds is 4. The maximum Gasteiger partial charge on any atom is 0.190 e. The van der Waals surface area contributed by atoms with Crippen LogP contribution in [0.2, 0.25) is 0 Å². The first kappa shape index (κ1) is 41.7. The van der Waals surface area contributed by atoms with Crippen molar-refractivity contribution in [2.24, 2.45) is 57.2 Å². The van der Waals surface area contributed by atoms with Crippen LogP contribution in [0.5, 0.6) is 0 Å². The van der Waals surface area contributed by atoms with Crippen molar-refractivity contribution in [3.63, 3.8) is 0 Å². The van der Waals surface area contributed by atoms with Gasteiger partial charge in [-0.15, -0.1) is 11.6 Å². The highest BCUT2D eigenvalue weighted by atomic mass is 35.5. The van der Waals surface area contributed by atoms with Crippen LogP contribution >= 0.6 is 11.6 Å². The Bertz CT molecular complexity index is 1750. The third-order valence-corrected chi connectivity index (χ3v) is 17.8. The Kier molecular flexibility index (Phi) is 9.72. The molecule has 8 aliphatic carbocycles. The summed E-state index contributed by atoms with van der Waals surface area (Å²) in [6, 6.07) is 0. The lowest BCUT2D eigenvalue weighted by atomic mass is 9.44. The van der Waals surface area contributed by atoms with Gasteiger partial charge in [0.1, 0.15) is 17.8 Å². The highest BCUT2D eigenvalue weighted by molar-refractivity contribution is 6.29. The summed E-state index contributed by atoms with van der Waals surface area (Å²) in [7, 11) is 0. The topological polar surface area (TPSA) is 169 Å². The maximum atomic E-state index is 16.9. The van der Waals surface area contributed by atoms with Crippen LogP contribution in [-0.4, -0.2) is 95.9 Å². The second-order valence-electron chi connectivity index (χ2n) is 19.5. The number of carbonyl (C=O) groups is 4. The molecule has 0 spiro atoms. The van der Waals surface area contributed by atoms with E-state index in [1.807, 2.05) is 13.8 Å². The highest BCUT2D eigenvalue weighted by Gasteiger charge is 2.77. The summed E-state index contributed by atoms with van der Waals surface area (Å²) in [5, 5.41) is 54.6. The minimum Gasteiger partial charge on any atom is -0.390 e. The van der Waals surface area contributed by atoms with Crippen molar-refractivity contribution in [1.82, 2.24) is 0 Å². The number of fused-ring (bicyclic) bond motifs is 10. The first-order valence-corrected chi connectivity index (χ1v) is 20.8. The molecule has 0 amide bonds. The van der Waals surface area contributed by atoms with E-state index < -0.39 is 92.3 Å². The second kappa shape index (κ2) is 13.0. The van der Waals surface area contributed by atoms with Crippen molar-refractivity contribution >= 4 is 34.7 Å². The van der Waals surface area contributed by atoms with Crippen molar-refractivity contribution in [2.45, 2.75) is 128 Å². The Morgan fingerprint density at radius 1 is 0.714 bits per heavy atom. The highest BCUT2D eigenvalue weighted by Crippen LogP contribution is 2.72. The molecule has 0 aromatic carbocycles. The Hall–Kier alpha value is -2.41. The van der Waals surface area contributed by atoms with E-state index in [0.717, 1.165) is 5.57 Å². The molecular weight excluding hydrogens is 746 g/mol. The Morgan fingerprint density at radius 2 is 1.09 bits per heavy atom. The van der Waals surface area contributed by atoms with Gasteiger partial charge < -0.3 is 25.5 Å². The Morgan fingerprint density at radius 3 is 1.45 bits per heavy atom. The van der Waals surface area contributed by atoms with Crippen molar-refractivity contribution in [3.05, 3.63) is 47.6 Å². The van der Waals surface area contributed by atoms with Gasteiger partial charge in [0.05, 0.1) is 18.1 Å². The lowest BCUT2D eigenvalue weighted by Crippen LogP contribution is -2.69. The fourth-order valence-electron chi connectivity index (χ4n) is 14.5. The molecule has 0 radical (unpaired) electrons. The summed E-state index contributed by atoms with van der Waals surface area (Å²) in [5.41, 5.74) is -10.1. The van der Waals surface area contributed by atoms with E-state index in [9.17, 15) is 44.7 Å². The predicted molar refractivity (Wildman–Crippen MR) is 204 cm³/mol.